The average Bonchev–Trinajstić information content (AvgIpc) is 2.66. The molecule has 138 valence electrons. The fourth-order valence-electron chi connectivity index (χ4n) is 3.71. The van der Waals surface area contributed by atoms with Crippen molar-refractivity contribution < 1.29 is 9.90 Å². The summed E-state index contributed by atoms with van der Waals surface area (Å²) in [6, 6.07) is 10.6. The van der Waals surface area contributed by atoms with Gasteiger partial charge in [0.25, 0.3) is 0 Å². The van der Waals surface area contributed by atoms with Crippen LogP contribution in [0.4, 0.5) is 11.4 Å². The third-order valence-corrected chi connectivity index (χ3v) is 5.03. The van der Waals surface area contributed by atoms with Gasteiger partial charge in [0, 0.05) is 56.4 Å². The quantitative estimate of drug-likeness (QED) is 0.772. The molecule has 0 saturated carbocycles. The Labute approximate surface area is 155 Å². The number of benzene rings is 1. The molecule has 0 spiro atoms. The molecule has 26 heavy (non-hydrogen) atoms. The summed E-state index contributed by atoms with van der Waals surface area (Å²) < 4.78 is 0. The lowest BCUT2D eigenvalue weighted by Gasteiger charge is -2.39. The van der Waals surface area contributed by atoms with E-state index in [4.69, 9.17) is 5.11 Å². The number of piperazine rings is 1. The van der Waals surface area contributed by atoms with Crippen molar-refractivity contribution >= 4 is 17.3 Å². The van der Waals surface area contributed by atoms with E-state index in [1.54, 1.807) is 0 Å². The summed E-state index contributed by atoms with van der Waals surface area (Å²) in [5, 5.41) is 8.82. The summed E-state index contributed by atoms with van der Waals surface area (Å²) in [5.41, 5.74) is 5.22. The van der Waals surface area contributed by atoms with Crippen LogP contribution >= 0.6 is 0 Å². The van der Waals surface area contributed by atoms with Gasteiger partial charge in [-0.05, 0) is 49.4 Å². The molecule has 0 aliphatic carbocycles. The maximum atomic E-state index is 10.7. The molecule has 2 heterocycles. The minimum atomic E-state index is -0.707. The molecule has 0 amide bonds. The number of rotatable bonds is 7. The predicted octanol–water partition coefficient (Wildman–Crippen LogP) is 3.51. The zero-order valence-corrected chi connectivity index (χ0v) is 15.4. The average molecular weight is 353 g/mol. The topological polar surface area (TPSA) is 56.7 Å². The van der Waals surface area contributed by atoms with Gasteiger partial charge in [0.2, 0.25) is 0 Å². The van der Waals surface area contributed by atoms with Crippen molar-refractivity contribution in [3.8, 4) is 0 Å². The molecule has 5 heteroatoms. The van der Waals surface area contributed by atoms with Crippen molar-refractivity contribution in [3.05, 3.63) is 53.9 Å². The van der Waals surface area contributed by atoms with Crippen molar-refractivity contribution in [2.24, 2.45) is 0 Å². The van der Waals surface area contributed by atoms with Crippen molar-refractivity contribution in [1.82, 2.24) is 4.98 Å². The number of aryl methyl sites for hydroxylation is 2. The molecule has 1 fully saturated rings. The smallest absolute Gasteiger partial charge is 0.303 e. The van der Waals surface area contributed by atoms with Gasteiger partial charge < -0.3 is 14.9 Å². The first-order chi connectivity index (χ1) is 12.6. The summed E-state index contributed by atoms with van der Waals surface area (Å²) in [6.45, 7) is 6.16. The summed E-state index contributed by atoms with van der Waals surface area (Å²) in [7, 11) is 0. The molecule has 1 aliphatic rings. The van der Waals surface area contributed by atoms with E-state index in [0.29, 0.717) is 0 Å². The highest BCUT2D eigenvalue weighted by Gasteiger charge is 2.20. The standard InChI is InChI=1S/C21H27N3O2/c1-17-5-4-7-18(6-2-3-8-20(25)26)21(17)24-15-13-23(14-16-24)19-9-11-22-12-10-19/h4-5,7,9-12H,2-3,6,8,13-16H2,1H3,(H,25,26). The number of carbonyl (C=O) groups is 1. The molecule has 1 aromatic heterocycles. The lowest BCUT2D eigenvalue weighted by atomic mass is 10.0. The maximum absolute atomic E-state index is 10.7. The Morgan fingerprint density at radius 2 is 1.73 bits per heavy atom. The first-order valence-electron chi connectivity index (χ1n) is 9.35. The Morgan fingerprint density at radius 1 is 1.04 bits per heavy atom. The SMILES string of the molecule is Cc1cccc(CCCCC(=O)O)c1N1CCN(c2ccncc2)CC1. The molecule has 3 rings (SSSR count). The third-order valence-electron chi connectivity index (χ3n) is 5.03. The van der Waals surface area contributed by atoms with Gasteiger partial charge in [-0.15, -0.1) is 0 Å². The number of aliphatic carboxylic acids is 1. The van der Waals surface area contributed by atoms with Crippen LogP contribution in [-0.2, 0) is 11.2 Å². The molecule has 0 bridgehead atoms. The number of hydrogen-bond donors (Lipinski definition) is 1. The van der Waals surface area contributed by atoms with E-state index >= 15 is 0 Å². The second kappa shape index (κ2) is 8.70. The lowest BCUT2D eigenvalue weighted by Crippen LogP contribution is -2.47. The van der Waals surface area contributed by atoms with Gasteiger partial charge in [0.1, 0.15) is 0 Å². The summed E-state index contributed by atoms with van der Waals surface area (Å²) in [4.78, 5) is 19.7. The van der Waals surface area contributed by atoms with Gasteiger partial charge in [-0.3, -0.25) is 9.78 Å². The molecule has 1 N–H and O–H groups in total. The molecular weight excluding hydrogens is 326 g/mol. The number of nitrogens with zero attached hydrogens (tertiary/aromatic N) is 3. The molecule has 1 aromatic carbocycles. The highest BCUT2D eigenvalue weighted by molar-refractivity contribution is 5.66. The number of anilines is 2. The Kier molecular flexibility index (Phi) is 6.10. The number of pyridine rings is 1. The van der Waals surface area contributed by atoms with Gasteiger partial charge in [-0.25, -0.2) is 0 Å². The Hall–Kier alpha value is -2.56. The highest BCUT2D eigenvalue weighted by atomic mass is 16.4. The zero-order valence-electron chi connectivity index (χ0n) is 15.4. The number of aromatic nitrogens is 1. The van der Waals surface area contributed by atoms with Crippen molar-refractivity contribution in [2.75, 3.05) is 36.0 Å². The number of hydrogen-bond acceptors (Lipinski definition) is 4. The monoisotopic (exact) mass is 353 g/mol. The molecule has 5 nitrogen and oxygen atoms in total. The van der Waals surface area contributed by atoms with Crippen LogP contribution < -0.4 is 9.80 Å². The number of unbranched alkanes of at least 4 members (excludes halogenated alkanes) is 1. The molecule has 2 aromatic rings. The molecule has 0 radical (unpaired) electrons. The van der Waals surface area contributed by atoms with E-state index in [0.717, 1.165) is 45.4 Å². The van der Waals surface area contributed by atoms with Crippen LogP contribution in [0.1, 0.15) is 30.4 Å². The van der Waals surface area contributed by atoms with Gasteiger partial charge in [-0.2, -0.15) is 0 Å². The van der Waals surface area contributed by atoms with Crippen LogP contribution in [0, 0.1) is 6.92 Å². The minimum absolute atomic E-state index is 0.256. The predicted molar refractivity (Wildman–Crippen MR) is 105 cm³/mol. The molecule has 1 saturated heterocycles. The minimum Gasteiger partial charge on any atom is -0.481 e. The number of carboxylic acids is 1. The third kappa shape index (κ3) is 4.54. The number of carboxylic acid groups (broad SMARTS) is 1. The summed E-state index contributed by atoms with van der Waals surface area (Å²) in [6.07, 6.45) is 6.54. The highest BCUT2D eigenvalue weighted by Crippen LogP contribution is 2.28. The largest absolute Gasteiger partial charge is 0.481 e. The first-order valence-corrected chi connectivity index (χ1v) is 9.35. The van der Waals surface area contributed by atoms with Crippen LogP contribution in [0.3, 0.4) is 0 Å². The molecule has 0 unspecified atom stereocenters. The molecular formula is C21H27N3O2. The summed E-state index contributed by atoms with van der Waals surface area (Å²) >= 11 is 0. The second-order valence-electron chi connectivity index (χ2n) is 6.86. The Morgan fingerprint density at radius 3 is 2.42 bits per heavy atom. The van der Waals surface area contributed by atoms with E-state index in [9.17, 15) is 4.79 Å². The van der Waals surface area contributed by atoms with E-state index in [1.165, 1.54) is 22.5 Å². The maximum Gasteiger partial charge on any atom is 0.303 e. The van der Waals surface area contributed by atoms with Crippen LogP contribution in [-0.4, -0.2) is 42.2 Å². The molecule has 1 aliphatic heterocycles. The fraction of sp³-hybridized carbons (Fsp3) is 0.429. The Balaban J connectivity index is 1.65. The van der Waals surface area contributed by atoms with Crippen LogP contribution in [0.2, 0.25) is 0 Å². The van der Waals surface area contributed by atoms with Gasteiger partial charge in [0.05, 0.1) is 0 Å². The van der Waals surface area contributed by atoms with Crippen LogP contribution in [0.25, 0.3) is 0 Å². The van der Waals surface area contributed by atoms with Gasteiger partial charge in [0.15, 0.2) is 0 Å². The lowest BCUT2D eigenvalue weighted by molar-refractivity contribution is -0.137. The van der Waals surface area contributed by atoms with E-state index in [-0.39, 0.29) is 6.42 Å². The zero-order chi connectivity index (χ0) is 18.4. The van der Waals surface area contributed by atoms with Crippen LogP contribution in [0.15, 0.2) is 42.7 Å². The van der Waals surface area contributed by atoms with Crippen LogP contribution in [0.5, 0.6) is 0 Å². The Bertz CT molecular complexity index is 725. The van der Waals surface area contributed by atoms with E-state index < -0.39 is 5.97 Å². The second-order valence-corrected chi connectivity index (χ2v) is 6.86. The van der Waals surface area contributed by atoms with Gasteiger partial charge in [-0.1, -0.05) is 18.2 Å². The normalized spacial score (nSPS) is 14.5. The van der Waals surface area contributed by atoms with E-state index in [1.807, 2.05) is 12.4 Å². The number of para-hydroxylation sites is 1. The fourth-order valence-corrected chi connectivity index (χ4v) is 3.71. The van der Waals surface area contributed by atoms with Crippen molar-refractivity contribution in [3.63, 3.8) is 0 Å². The summed E-state index contributed by atoms with van der Waals surface area (Å²) in [5.74, 6) is -0.707. The first kappa shape index (κ1) is 18.2. The van der Waals surface area contributed by atoms with Crippen molar-refractivity contribution in [2.45, 2.75) is 32.6 Å². The van der Waals surface area contributed by atoms with E-state index in [2.05, 4.69) is 52.0 Å². The molecule has 0 atom stereocenters. The van der Waals surface area contributed by atoms with Crippen molar-refractivity contribution in [1.29, 1.82) is 0 Å². The van der Waals surface area contributed by atoms with Gasteiger partial charge >= 0.3 is 5.97 Å².